The highest BCUT2D eigenvalue weighted by Crippen LogP contribution is 2.28. The van der Waals surface area contributed by atoms with Crippen LogP contribution >= 0.6 is 31.9 Å². The number of benzene rings is 2. The summed E-state index contributed by atoms with van der Waals surface area (Å²) in [4.78, 5) is 22.5. The average Bonchev–Trinajstić information content (AvgIpc) is 2.44. The number of carbonyl (C=O) groups is 1. The fourth-order valence-electron chi connectivity index (χ4n) is 1.73. The summed E-state index contributed by atoms with van der Waals surface area (Å²) < 4.78 is 1.27. The third-order valence-electron chi connectivity index (χ3n) is 2.85. The molecule has 0 aromatic heterocycles. The number of halogens is 2. The molecule has 0 saturated carbocycles. The Morgan fingerprint density at radius 2 is 1.95 bits per heavy atom. The number of aryl methyl sites for hydroxylation is 1. The van der Waals surface area contributed by atoms with Crippen molar-refractivity contribution < 1.29 is 9.72 Å². The lowest BCUT2D eigenvalue weighted by molar-refractivity contribution is -0.384. The van der Waals surface area contributed by atoms with E-state index in [9.17, 15) is 14.9 Å². The highest BCUT2D eigenvalue weighted by Gasteiger charge is 2.16. The highest BCUT2D eigenvalue weighted by molar-refractivity contribution is 9.11. The summed E-state index contributed by atoms with van der Waals surface area (Å²) in [6.45, 7) is 1.91. The Hall–Kier alpha value is -1.73. The summed E-state index contributed by atoms with van der Waals surface area (Å²) in [5, 5.41) is 13.5. The largest absolute Gasteiger partial charge is 0.321 e. The molecule has 2 aromatic rings. The van der Waals surface area contributed by atoms with Gasteiger partial charge in [-0.1, -0.05) is 12.1 Å². The normalized spacial score (nSPS) is 10.2. The van der Waals surface area contributed by atoms with Crippen LogP contribution in [0.5, 0.6) is 0 Å². The number of amides is 1. The molecule has 0 radical (unpaired) electrons. The lowest BCUT2D eigenvalue weighted by atomic mass is 10.1. The summed E-state index contributed by atoms with van der Waals surface area (Å²) in [7, 11) is 0. The monoisotopic (exact) mass is 412 g/mol. The smallest absolute Gasteiger partial charge is 0.270 e. The number of carbonyl (C=O) groups excluding carboxylic acids is 1. The van der Waals surface area contributed by atoms with E-state index < -0.39 is 10.8 Å². The summed E-state index contributed by atoms with van der Waals surface area (Å²) >= 11 is 6.63. The fraction of sp³-hybridized carbons (Fsp3) is 0.0714. The van der Waals surface area contributed by atoms with E-state index in [2.05, 4.69) is 37.2 Å². The van der Waals surface area contributed by atoms with Gasteiger partial charge in [-0.25, -0.2) is 0 Å². The molecule has 0 aliphatic carbocycles. The number of nitro benzene ring substituents is 1. The summed E-state index contributed by atoms with van der Waals surface area (Å²) in [5.41, 5.74) is 1.66. The predicted molar refractivity (Wildman–Crippen MR) is 87.6 cm³/mol. The van der Waals surface area contributed by atoms with Crippen molar-refractivity contribution in [3.05, 3.63) is 66.6 Å². The number of nitrogens with zero attached hydrogens (tertiary/aromatic N) is 1. The highest BCUT2D eigenvalue weighted by atomic mass is 79.9. The first-order chi connectivity index (χ1) is 9.90. The minimum atomic E-state index is -0.536. The van der Waals surface area contributed by atoms with Crippen LogP contribution in [0, 0.1) is 17.0 Å². The molecule has 0 spiro atoms. The molecule has 2 aromatic carbocycles. The van der Waals surface area contributed by atoms with E-state index >= 15 is 0 Å². The van der Waals surface area contributed by atoms with Gasteiger partial charge in [-0.3, -0.25) is 14.9 Å². The van der Waals surface area contributed by atoms with Crippen LogP contribution in [0.1, 0.15) is 15.9 Å². The van der Waals surface area contributed by atoms with Crippen LogP contribution in [-0.2, 0) is 0 Å². The predicted octanol–water partition coefficient (Wildman–Crippen LogP) is 4.68. The van der Waals surface area contributed by atoms with E-state index in [0.29, 0.717) is 10.2 Å². The van der Waals surface area contributed by atoms with E-state index in [0.717, 1.165) is 10.0 Å². The molecule has 0 fully saturated rings. The number of nitro groups is 1. The first-order valence-electron chi connectivity index (χ1n) is 5.90. The second-order valence-electron chi connectivity index (χ2n) is 4.31. The van der Waals surface area contributed by atoms with Gasteiger partial charge in [0.2, 0.25) is 0 Å². The van der Waals surface area contributed by atoms with Crippen molar-refractivity contribution in [1.82, 2.24) is 0 Å². The van der Waals surface area contributed by atoms with E-state index in [1.54, 1.807) is 6.07 Å². The van der Waals surface area contributed by atoms with E-state index in [-0.39, 0.29) is 11.3 Å². The average molecular weight is 414 g/mol. The SMILES string of the molecule is Cc1cccc(NC(=O)c2cc([N+](=O)[O-])ccc2Br)c1Br. The Morgan fingerprint density at radius 3 is 2.62 bits per heavy atom. The van der Waals surface area contributed by atoms with E-state index in [1.807, 2.05) is 19.1 Å². The van der Waals surface area contributed by atoms with Gasteiger partial charge in [-0.2, -0.15) is 0 Å². The number of hydrogen-bond donors (Lipinski definition) is 1. The number of non-ortho nitro benzene ring substituents is 1. The second kappa shape index (κ2) is 6.36. The fourth-order valence-corrected chi connectivity index (χ4v) is 2.52. The Bertz CT molecular complexity index is 732. The topological polar surface area (TPSA) is 72.2 Å². The third kappa shape index (κ3) is 3.48. The zero-order valence-electron chi connectivity index (χ0n) is 10.9. The summed E-state index contributed by atoms with van der Waals surface area (Å²) in [6.07, 6.45) is 0. The summed E-state index contributed by atoms with van der Waals surface area (Å²) in [6, 6.07) is 9.53. The van der Waals surface area contributed by atoms with Gasteiger partial charge in [0.1, 0.15) is 0 Å². The minimum absolute atomic E-state index is 0.133. The Labute approximate surface area is 137 Å². The molecule has 2 rings (SSSR count). The van der Waals surface area contributed by atoms with E-state index in [1.165, 1.54) is 18.2 Å². The molecule has 0 bridgehead atoms. The quantitative estimate of drug-likeness (QED) is 0.586. The van der Waals surface area contributed by atoms with Crippen molar-refractivity contribution >= 4 is 49.1 Å². The summed E-state index contributed by atoms with van der Waals surface area (Å²) in [5.74, 6) is -0.420. The maximum Gasteiger partial charge on any atom is 0.270 e. The molecule has 108 valence electrons. The van der Waals surface area contributed by atoms with Gasteiger partial charge in [-0.05, 0) is 56.5 Å². The molecule has 21 heavy (non-hydrogen) atoms. The van der Waals surface area contributed by atoms with Crippen molar-refractivity contribution in [2.45, 2.75) is 6.92 Å². The molecule has 1 amide bonds. The molecule has 5 nitrogen and oxygen atoms in total. The van der Waals surface area contributed by atoms with Crippen molar-refractivity contribution in [2.75, 3.05) is 5.32 Å². The molecule has 0 aliphatic rings. The maximum absolute atomic E-state index is 12.3. The lowest BCUT2D eigenvalue weighted by Crippen LogP contribution is -2.13. The zero-order chi connectivity index (χ0) is 15.6. The number of nitrogens with one attached hydrogen (secondary N) is 1. The molecular weight excluding hydrogens is 404 g/mol. The van der Waals surface area contributed by atoms with Crippen LogP contribution in [-0.4, -0.2) is 10.8 Å². The first-order valence-corrected chi connectivity index (χ1v) is 7.49. The standard InChI is InChI=1S/C14H10Br2N2O3/c1-8-3-2-4-12(13(8)16)17-14(19)10-7-9(18(20)21)5-6-11(10)15/h2-7H,1H3,(H,17,19). The molecule has 0 aliphatic heterocycles. The molecule has 0 saturated heterocycles. The second-order valence-corrected chi connectivity index (χ2v) is 5.96. The molecule has 0 unspecified atom stereocenters. The van der Waals surface area contributed by atoms with Crippen molar-refractivity contribution in [1.29, 1.82) is 0 Å². The molecule has 1 N–H and O–H groups in total. The molecule has 0 heterocycles. The van der Waals surface area contributed by atoms with Gasteiger partial charge >= 0.3 is 0 Å². The van der Waals surface area contributed by atoms with Gasteiger partial charge in [-0.15, -0.1) is 0 Å². The van der Waals surface area contributed by atoms with Crippen LogP contribution in [0.2, 0.25) is 0 Å². The zero-order valence-corrected chi connectivity index (χ0v) is 14.1. The Kier molecular flexibility index (Phi) is 4.74. The van der Waals surface area contributed by atoms with Crippen LogP contribution in [0.3, 0.4) is 0 Å². The Balaban J connectivity index is 2.34. The molecular formula is C14H10Br2N2O3. The maximum atomic E-state index is 12.3. The third-order valence-corrected chi connectivity index (χ3v) is 4.59. The van der Waals surface area contributed by atoms with Crippen LogP contribution < -0.4 is 5.32 Å². The van der Waals surface area contributed by atoms with Gasteiger partial charge < -0.3 is 5.32 Å². The van der Waals surface area contributed by atoms with E-state index in [4.69, 9.17) is 0 Å². The van der Waals surface area contributed by atoms with Crippen LogP contribution in [0.25, 0.3) is 0 Å². The van der Waals surface area contributed by atoms with Crippen molar-refractivity contribution in [3.8, 4) is 0 Å². The first kappa shape index (κ1) is 15.7. The number of anilines is 1. The lowest BCUT2D eigenvalue weighted by Gasteiger charge is -2.10. The molecule has 0 atom stereocenters. The Morgan fingerprint density at radius 1 is 1.24 bits per heavy atom. The van der Waals surface area contributed by atoms with Gasteiger partial charge in [0, 0.05) is 21.1 Å². The van der Waals surface area contributed by atoms with Gasteiger partial charge in [0.25, 0.3) is 11.6 Å². The number of rotatable bonds is 3. The van der Waals surface area contributed by atoms with Gasteiger partial charge in [0.15, 0.2) is 0 Å². The van der Waals surface area contributed by atoms with Crippen molar-refractivity contribution in [2.24, 2.45) is 0 Å². The van der Waals surface area contributed by atoms with Crippen LogP contribution in [0.4, 0.5) is 11.4 Å². The van der Waals surface area contributed by atoms with Crippen LogP contribution in [0.15, 0.2) is 45.3 Å². The molecule has 7 heteroatoms. The minimum Gasteiger partial charge on any atom is -0.321 e. The van der Waals surface area contributed by atoms with Gasteiger partial charge in [0.05, 0.1) is 16.2 Å². The number of hydrogen-bond acceptors (Lipinski definition) is 3. The van der Waals surface area contributed by atoms with Crippen molar-refractivity contribution in [3.63, 3.8) is 0 Å².